The Hall–Kier alpha value is 0. The van der Waals surface area contributed by atoms with Crippen molar-refractivity contribution in [3.63, 3.8) is 0 Å². The van der Waals surface area contributed by atoms with Crippen LogP contribution in [0, 0.1) is 5.41 Å². The lowest BCUT2D eigenvalue weighted by Crippen LogP contribution is -2.02. The van der Waals surface area contributed by atoms with Crippen molar-refractivity contribution >= 4 is 0 Å². The zero-order valence-electron chi connectivity index (χ0n) is 7.33. The van der Waals surface area contributed by atoms with Gasteiger partial charge in [-0.1, -0.05) is 34.1 Å². The van der Waals surface area contributed by atoms with E-state index in [4.69, 9.17) is 2.74 Å². The van der Waals surface area contributed by atoms with Crippen LogP contribution in [0.15, 0.2) is 0 Å². The summed E-state index contributed by atoms with van der Waals surface area (Å²) in [4.78, 5) is 0. The summed E-state index contributed by atoms with van der Waals surface area (Å²) in [6.45, 7) is 5.14. The van der Waals surface area contributed by atoms with Crippen LogP contribution >= 0.6 is 0 Å². The summed E-state index contributed by atoms with van der Waals surface area (Å²) in [5.41, 5.74) is 0.140. The molecule has 0 aliphatic carbocycles. The van der Waals surface area contributed by atoms with E-state index in [0.717, 1.165) is 12.8 Å². The van der Waals surface area contributed by atoms with E-state index < -0.39 is 0 Å². The van der Waals surface area contributed by atoms with Crippen LogP contribution < -0.4 is 0 Å². The smallest absolute Gasteiger partial charge is 0.0236 e. The predicted molar refractivity (Wildman–Crippen MR) is 34.4 cm³/mol. The molecule has 0 aromatic heterocycles. The molecule has 0 rings (SSSR count). The molecule has 0 nitrogen and oxygen atoms in total. The first-order chi connectivity index (χ1) is 4.12. The molecule has 0 heterocycles. The first kappa shape index (κ1) is 3.94. The van der Waals surface area contributed by atoms with Crippen molar-refractivity contribution in [2.75, 3.05) is 0 Å². The molecule has 0 radical (unpaired) electrons. The average Bonchev–Trinajstić information content (AvgIpc) is 1.84. The summed E-state index contributed by atoms with van der Waals surface area (Å²) in [6.07, 6.45) is 1.95. The average molecular weight is 102 g/mol. The third-order valence-corrected chi connectivity index (χ3v) is 0.854. The molecule has 0 amide bonds. The van der Waals surface area contributed by atoms with Crippen LogP contribution in [0.25, 0.3) is 0 Å². The highest BCUT2D eigenvalue weighted by atomic mass is 14.1. The highest BCUT2D eigenvalue weighted by Gasteiger charge is 2.06. The van der Waals surface area contributed by atoms with Gasteiger partial charge >= 0.3 is 0 Å². The predicted octanol–water partition coefficient (Wildman–Crippen LogP) is 2.83. The normalized spacial score (nSPS) is 15.7. The van der Waals surface area contributed by atoms with Crippen molar-refractivity contribution in [1.82, 2.24) is 0 Å². The van der Waals surface area contributed by atoms with E-state index in [0.29, 0.717) is 13.8 Å². The van der Waals surface area contributed by atoms with E-state index in [9.17, 15) is 0 Å². The molecule has 0 heteroatoms. The first-order valence-electron chi connectivity index (χ1n) is 4.12. The molecule has 44 valence electrons. The molecule has 0 aromatic carbocycles. The fourth-order valence-corrected chi connectivity index (χ4v) is 0.479. The molecule has 0 spiro atoms. The standard InChI is InChI=1S/C7H16/c1-5-6-7(2,3)4/h5-6H2,1-4H3/i1D,2D. The second kappa shape index (κ2) is 2.34. The maximum atomic E-state index is 7.12. The summed E-state index contributed by atoms with van der Waals surface area (Å²) in [6, 6.07) is 0. The highest BCUT2D eigenvalue weighted by Crippen LogP contribution is 2.19. The van der Waals surface area contributed by atoms with Crippen LogP contribution in [0.4, 0.5) is 0 Å². The Balaban J connectivity index is 3.33. The van der Waals surface area contributed by atoms with E-state index in [1.54, 1.807) is 0 Å². The zero-order valence-corrected chi connectivity index (χ0v) is 5.33. The maximum Gasteiger partial charge on any atom is 0.0236 e. The fourth-order valence-electron chi connectivity index (χ4n) is 0.479. The zero-order chi connectivity index (χ0) is 7.33. The van der Waals surface area contributed by atoms with E-state index in [2.05, 4.69) is 13.8 Å². The molecule has 0 atom stereocenters. The first-order valence-corrected chi connectivity index (χ1v) is 2.71. The highest BCUT2D eigenvalue weighted by molar-refractivity contribution is 4.58. The third kappa shape index (κ3) is 6.00. The van der Waals surface area contributed by atoms with E-state index in [1.165, 1.54) is 0 Å². The Morgan fingerprint density at radius 3 is 2.71 bits per heavy atom. The van der Waals surface area contributed by atoms with E-state index in [-0.39, 0.29) is 5.41 Å². The number of hydrogen-bond donors (Lipinski definition) is 0. The van der Waals surface area contributed by atoms with Crippen LogP contribution in [0.2, 0.25) is 0 Å². The van der Waals surface area contributed by atoms with E-state index in [1.807, 2.05) is 0 Å². The van der Waals surface area contributed by atoms with Gasteiger partial charge in [0.25, 0.3) is 0 Å². The number of rotatable bonds is 1. The fraction of sp³-hybridized carbons (Fsp3) is 1.00. The maximum absolute atomic E-state index is 7.12. The summed E-state index contributed by atoms with van der Waals surface area (Å²) in [5, 5.41) is 0. The summed E-state index contributed by atoms with van der Waals surface area (Å²) in [7, 11) is 0. The monoisotopic (exact) mass is 102 g/mol. The van der Waals surface area contributed by atoms with E-state index >= 15 is 0 Å². The van der Waals surface area contributed by atoms with Crippen LogP contribution in [0.3, 0.4) is 0 Å². The Labute approximate surface area is 49.7 Å². The SMILES string of the molecule is [2H]CCCC(C)(C)C[2H]. The van der Waals surface area contributed by atoms with Crippen LogP contribution in [-0.4, -0.2) is 0 Å². The van der Waals surface area contributed by atoms with Gasteiger partial charge < -0.3 is 0 Å². The quantitative estimate of drug-likeness (QED) is 0.477. The molecular formula is C7H16. The Morgan fingerprint density at radius 2 is 2.29 bits per heavy atom. The summed E-state index contributed by atoms with van der Waals surface area (Å²) >= 11 is 0. The van der Waals surface area contributed by atoms with Crippen molar-refractivity contribution in [3.8, 4) is 0 Å². The van der Waals surface area contributed by atoms with Gasteiger partial charge in [-0.25, -0.2) is 0 Å². The van der Waals surface area contributed by atoms with Gasteiger partial charge in [0.2, 0.25) is 0 Å². The van der Waals surface area contributed by atoms with Crippen LogP contribution in [0.1, 0.15) is 43.2 Å². The van der Waals surface area contributed by atoms with Gasteiger partial charge in [0, 0.05) is 2.74 Å². The molecule has 7 heavy (non-hydrogen) atoms. The largest absolute Gasteiger partial charge is 0.0654 e. The third-order valence-electron chi connectivity index (χ3n) is 0.854. The second-order valence-corrected chi connectivity index (χ2v) is 2.77. The Morgan fingerprint density at radius 1 is 1.57 bits per heavy atom. The van der Waals surface area contributed by atoms with Gasteiger partial charge in [-0.05, 0) is 11.8 Å². The van der Waals surface area contributed by atoms with Crippen molar-refractivity contribution < 1.29 is 2.74 Å². The van der Waals surface area contributed by atoms with Gasteiger partial charge in [0.1, 0.15) is 0 Å². The minimum Gasteiger partial charge on any atom is -0.0654 e. The molecule has 0 aromatic rings. The second-order valence-electron chi connectivity index (χ2n) is 2.77. The number of hydrogen-bond acceptors (Lipinski definition) is 0. The Kier molecular flexibility index (Phi) is 1.32. The van der Waals surface area contributed by atoms with Crippen LogP contribution in [0.5, 0.6) is 0 Å². The Bertz CT molecular complexity index is 69.3. The molecule has 0 saturated carbocycles. The van der Waals surface area contributed by atoms with Crippen molar-refractivity contribution in [1.29, 1.82) is 0 Å². The van der Waals surface area contributed by atoms with Gasteiger partial charge in [-0.15, -0.1) is 0 Å². The molecule has 0 fully saturated rings. The molecule has 0 N–H and O–H groups in total. The lowest BCUT2D eigenvalue weighted by Gasteiger charge is -2.15. The molecular weight excluding hydrogens is 84.1 g/mol. The summed E-state index contributed by atoms with van der Waals surface area (Å²) in [5.74, 6) is 0. The van der Waals surface area contributed by atoms with Gasteiger partial charge in [0.15, 0.2) is 0 Å². The molecule has 0 aliphatic heterocycles. The summed E-state index contributed by atoms with van der Waals surface area (Å²) < 4.78 is 14.0. The molecule has 0 saturated heterocycles. The van der Waals surface area contributed by atoms with Crippen molar-refractivity contribution in [2.45, 2.75) is 40.5 Å². The topological polar surface area (TPSA) is 0 Å². The van der Waals surface area contributed by atoms with Gasteiger partial charge in [-0.3, -0.25) is 0 Å². The molecule has 0 unspecified atom stereocenters. The minimum atomic E-state index is 0.140. The van der Waals surface area contributed by atoms with Gasteiger partial charge in [-0.2, -0.15) is 0 Å². The van der Waals surface area contributed by atoms with Crippen LogP contribution in [-0.2, 0) is 0 Å². The molecule has 0 bridgehead atoms. The van der Waals surface area contributed by atoms with Crippen molar-refractivity contribution in [3.05, 3.63) is 0 Å². The van der Waals surface area contributed by atoms with Crippen molar-refractivity contribution in [2.24, 2.45) is 5.41 Å². The molecule has 0 aliphatic rings. The lowest BCUT2D eigenvalue weighted by atomic mass is 9.91. The lowest BCUT2D eigenvalue weighted by molar-refractivity contribution is 0.373. The van der Waals surface area contributed by atoms with Gasteiger partial charge in [0.05, 0.1) is 0 Å². The minimum absolute atomic E-state index is 0.140.